The number of halogens is 2. The average Bonchev–Trinajstić information content (AvgIpc) is 3.72. The summed E-state index contributed by atoms with van der Waals surface area (Å²) in [6, 6.07) is 3.04. The van der Waals surface area contributed by atoms with Gasteiger partial charge in [-0.3, -0.25) is 18.9 Å². The summed E-state index contributed by atoms with van der Waals surface area (Å²) in [6.45, 7) is 7.37. The van der Waals surface area contributed by atoms with Crippen LogP contribution in [0.15, 0.2) is 24.3 Å². The van der Waals surface area contributed by atoms with Gasteiger partial charge in [0.15, 0.2) is 0 Å². The van der Waals surface area contributed by atoms with Crippen LogP contribution < -0.4 is 5.32 Å². The molecule has 3 heterocycles. The van der Waals surface area contributed by atoms with E-state index < -0.39 is 42.2 Å². The zero-order valence-corrected chi connectivity index (χ0v) is 25.8. The van der Waals surface area contributed by atoms with Gasteiger partial charge in [0.05, 0.1) is 4.88 Å². The molecule has 3 amide bonds. The van der Waals surface area contributed by atoms with E-state index in [-0.39, 0.29) is 27.5 Å². The van der Waals surface area contributed by atoms with Crippen LogP contribution in [-0.4, -0.2) is 69.0 Å². The number of rotatable bonds is 6. The van der Waals surface area contributed by atoms with Crippen molar-refractivity contribution in [2.45, 2.75) is 83.5 Å². The maximum Gasteiger partial charge on any atom is 0.399 e. The van der Waals surface area contributed by atoms with Gasteiger partial charge >= 0.3 is 13.3 Å². The molecule has 9 nitrogen and oxygen atoms in total. The summed E-state index contributed by atoms with van der Waals surface area (Å²) in [7, 11) is -5.75. The number of likely N-dealkylation sites (tertiary alicyclic amines) is 2. The zero-order chi connectivity index (χ0) is 30.7. The summed E-state index contributed by atoms with van der Waals surface area (Å²) in [5.41, 5.74) is -5.69. The topological polar surface area (TPSA) is 127 Å². The third kappa shape index (κ3) is 5.75. The van der Waals surface area contributed by atoms with Gasteiger partial charge in [0.25, 0.3) is 5.91 Å². The van der Waals surface area contributed by atoms with Gasteiger partial charge in [-0.05, 0) is 66.5 Å². The number of amides is 3. The molecule has 1 spiro atoms. The van der Waals surface area contributed by atoms with Gasteiger partial charge in [0.1, 0.15) is 12.1 Å². The quantitative estimate of drug-likeness (QED) is 0.386. The SMILES string of the molecule is CC(C)(C)C(NC(=O)c1cc2cc(C(F)(F)P(=O)(O)O)ccc2s1)C(=O)N1CCC[C@H]1C(=O)N1CCC2(CCCC2)C1. The lowest BCUT2D eigenvalue weighted by Crippen LogP contribution is -2.57. The summed E-state index contributed by atoms with van der Waals surface area (Å²) >= 11 is 1.02. The number of carbonyl (C=O) groups excluding carboxylic acids is 3. The molecule has 13 heteroatoms. The minimum atomic E-state index is -5.75. The second kappa shape index (κ2) is 10.9. The van der Waals surface area contributed by atoms with Gasteiger partial charge in [-0.1, -0.05) is 39.7 Å². The van der Waals surface area contributed by atoms with Crippen LogP contribution in [0.1, 0.15) is 81.0 Å². The Morgan fingerprint density at radius 3 is 2.40 bits per heavy atom. The molecular weight excluding hydrogens is 587 g/mol. The number of hydrogen-bond acceptors (Lipinski definition) is 5. The zero-order valence-electron chi connectivity index (χ0n) is 24.1. The summed E-state index contributed by atoms with van der Waals surface area (Å²) in [5, 5.41) is 3.06. The Hall–Kier alpha value is -2.40. The maximum atomic E-state index is 14.3. The molecule has 1 aromatic heterocycles. The van der Waals surface area contributed by atoms with Crippen molar-refractivity contribution < 1.29 is 37.5 Å². The minimum absolute atomic E-state index is 0.0176. The van der Waals surface area contributed by atoms with Crippen LogP contribution in [-0.2, 0) is 19.8 Å². The number of nitrogens with zero attached hydrogens (tertiary/aromatic N) is 2. The molecule has 1 aliphatic carbocycles. The minimum Gasteiger partial charge on any atom is -0.340 e. The largest absolute Gasteiger partial charge is 0.399 e. The first kappa shape index (κ1) is 31.0. The second-order valence-corrected chi connectivity index (χ2v) is 15.9. The Morgan fingerprint density at radius 1 is 1.07 bits per heavy atom. The highest BCUT2D eigenvalue weighted by Crippen LogP contribution is 2.59. The molecule has 1 aromatic carbocycles. The van der Waals surface area contributed by atoms with E-state index in [1.54, 1.807) is 4.90 Å². The van der Waals surface area contributed by atoms with Crippen molar-refractivity contribution in [1.29, 1.82) is 0 Å². The first-order valence-corrected chi connectivity index (χ1v) is 16.8. The standard InChI is InChI=1S/C29H38F2N3O6PS/c1-27(2,3)23(26(37)34-13-6-7-20(34)25(36)33-14-12-28(17-33)10-4-5-11-28)32-24(35)22-16-18-15-19(8-9-21(18)42-22)29(30,31)41(38,39)40/h8-9,15-16,20,23H,4-7,10-14,17H2,1-3H3,(H,32,35)(H2,38,39,40)/t20-,23?/m0/s1. The Balaban J connectivity index is 1.33. The second-order valence-electron chi connectivity index (χ2n) is 13.1. The Bertz CT molecular complexity index is 1440. The summed E-state index contributed by atoms with van der Waals surface area (Å²) < 4.78 is 40.3. The number of benzene rings is 1. The van der Waals surface area contributed by atoms with E-state index in [0.29, 0.717) is 30.6 Å². The fraction of sp³-hybridized carbons (Fsp3) is 0.621. The van der Waals surface area contributed by atoms with Crippen molar-refractivity contribution in [3.05, 3.63) is 34.7 Å². The van der Waals surface area contributed by atoms with Gasteiger partial charge in [-0.25, -0.2) is 0 Å². The molecule has 1 unspecified atom stereocenters. The molecule has 230 valence electrons. The molecule has 2 aliphatic heterocycles. The van der Waals surface area contributed by atoms with Crippen LogP contribution in [0.5, 0.6) is 0 Å². The molecule has 3 N–H and O–H groups in total. The van der Waals surface area contributed by atoms with Crippen molar-refractivity contribution in [2.24, 2.45) is 10.8 Å². The van der Waals surface area contributed by atoms with E-state index in [1.165, 1.54) is 25.0 Å². The molecule has 42 heavy (non-hydrogen) atoms. The van der Waals surface area contributed by atoms with Gasteiger partial charge < -0.3 is 24.9 Å². The van der Waals surface area contributed by atoms with E-state index in [0.717, 1.165) is 49.3 Å². The number of hydrogen-bond donors (Lipinski definition) is 3. The predicted molar refractivity (Wildman–Crippen MR) is 155 cm³/mol. The van der Waals surface area contributed by atoms with Gasteiger partial charge in [-0.2, -0.15) is 8.78 Å². The number of nitrogens with one attached hydrogen (secondary N) is 1. The Labute approximate surface area is 247 Å². The third-order valence-corrected chi connectivity index (χ3v) is 11.2. The molecule has 2 aromatic rings. The van der Waals surface area contributed by atoms with E-state index in [4.69, 9.17) is 9.79 Å². The van der Waals surface area contributed by atoms with Crippen molar-refractivity contribution in [1.82, 2.24) is 15.1 Å². The normalized spacial score (nSPS) is 21.8. The van der Waals surface area contributed by atoms with Crippen molar-refractivity contribution in [3.8, 4) is 0 Å². The van der Waals surface area contributed by atoms with Gasteiger partial charge in [0.2, 0.25) is 11.8 Å². The number of alkyl halides is 2. The van der Waals surface area contributed by atoms with E-state index in [1.807, 2.05) is 25.7 Å². The van der Waals surface area contributed by atoms with E-state index in [9.17, 15) is 27.7 Å². The third-order valence-electron chi connectivity index (χ3n) is 9.08. The number of carbonyl (C=O) groups is 3. The highest BCUT2D eigenvalue weighted by atomic mass is 32.1. The fourth-order valence-electron chi connectivity index (χ4n) is 6.68. The van der Waals surface area contributed by atoms with Crippen molar-refractivity contribution >= 4 is 46.7 Å². The smallest absolute Gasteiger partial charge is 0.340 e. The predicted octanol–water partition coefficient (Wildman–Crippen LogP) is 5.06. The number of fused-ring (bicyclic) bond motifs is 1. The monoisotopic (exact) mass is 625 g/mol. The highest BCUT2D eigenvalue weighted by Gasteiger charge is 2.50. The lowest BCUT2D eigenvalue weighted by molar-refractivity contribution is -0.145. The van der Waals surface area contributed by atoms with Gasteiger partial charge in [0, 0.05) is 29.9 Å². The van der Waals surface area contributed by atoms with Crippen molar-refractivity contribution in [3.63, 3.8) is 0 Å². The number of thiophene rings is 1. The Morgan fingerprint density at radius 2 is 1.76 bits per heavy atom. The summed E-state index contributed by atoms with van der Waals surface area (Å²) in [4.78, 5) is 62.8. The summed E-state index contributed by atoms with van der Waals surface area (Å²) in [6.07, 6.45) is 6.97. The lowest BCUT2D eigenvalue weighted by atomic mass is 9.85. The lowest BCUT2D eigenvalue weighted by Gasteiger charge is -2.36. The molecule has 2 atom stereocenters. The Kier molecular flexibility index (Phi) is 8.09. The van der Waals surface area contributed by atoms with Crippen LogP contribution in [0.4, 0.5) is 8.78 Å². The van der Waals surface area contributed by atoms with E-state index in [2.05, 4.69) is 5.32 Å². The van der Waals surface area contributed by atoms with E-state index >= 15 is 0 Å². The van der Waals surface area contributed by atoms with Crippen LogP contribution in [0.2, 0.25) is 0 Å². The van der Waals surface area contributed by atoms with Crippen LogP contribution in [0.25, 0.3) is 10.1 Å². The van der Waals surface area contributed by atoms with Crippen LogP contribution in [0.3, 0.4) is 0 Å². The van der Waals surface area contributed by atoms with Crippen LogP contribution in [0, 0.1) is 10.8 Å². The molecular formula is C29H38F2N3O6PS. The highest BCUT2D eigenvalue weighted by molar-refractivity contribution is 7.52. The molecule has 0 bridgehead atoms. The maximum absolute atomic E-state index is 14.3. The first-order chi connectivity index (χ1) is 19.5. The summed E-state index contributed by atoms with van der Waals surface area (Å²) in [5.74, 6) is -0.917. The fourth-order valence-corrected chi connectivity index (χ4v) is 8.10. The molecule has 0 radical (unpaired) electrons. The van der Waals surface area contributed by atoms with Crippen molar-refractivity contribution in [2.75, 3.05) is 19.6 Å². The first-order valence-electron chi connectivity index (χ1n) is 14.4. The molecule has 2 saturated heterocycles. The molecule has 5 rings (SSSR count). The molecule has 3 fully saturated rings. The average molecular weight is 626 g/mol. The molecule has 1 saturated carbocycles. The molecule has 3 aliphatic rings. The van der Waals surface area contributed by atoms with Crippen LogP contribution >= 0.6 is 18.9 Å². The van der Waals surface area contributed by atoms with Gasteiger partial charge in [-0.15, -0.1) is 11.3 Å².